The van der Waals surface area contributed by atoms with Crippen LogP contribution in [0.15, 0.2) is 35.7 Å². The van der Waals surface area contributed by atoms with Gasteiger partial charge in [-0.15, -0.1) is 0 Å². The zero-order valence-electron chi connectivity index (χ0n) is 10.2. The third-order valence-corrected chi connectivity index (χ3v) is 3.66. The Morgan fingerprint density at radius 3 is 2.70 bits per heavy atom. The van der Waals surface area contributed by atoms with E-state index < -0.39 is 21.8 Å². The van der Waals surface area contributed by atoms with E-state index in [1.54, 1.807) is 7.05 Å². The van der Waals surface area contributed by atoms with Gasteiger partial charge in [-0.2, -0.15) is 8.42 Å². The SMILES string of the molecule is Cn1cnc(S(=O)(=O)Nc2cc(F)ccc2C(=O)O)c1. The van der Waals surface area contributed by atoms with Gasteiger partial charge in [-0.1, -0.05) is 0 Å². The van der Waals surface area contributed by atoms with Crippen molar-refractivity contribution in [2.75, 3.05) is 4.72 Å². The molecule has 1 aromatic carbocycles. The number of nitrogens with zero attached hydrogens (tertiary/aromatic N) is 2. The molecule has 0 aliphatic rings. The first-order chi connectivity index (χ1) is 9.29. The third kappa shape index (κ3) is 2.77. The van der Waals surface area contributed by atoms with Crippen LogP contribution in [0.2, 0.25) is 0 Å². The minimum atomic E-state index is -4.08. The maximum absolute atomic E-state index is 13.1. The summed E-state index contributed by atoms with van der Waals surface area (Å²) in [6, 6.07) is 2.71. The van der Waals surface area contributed by atoms with Crippen LogP contribution in [-0.4, -0.2) is 29.0 Å². The van der Waals surface area contributed by atoms with Gasteiger partial charge in [0.2, 0.25) is 0 Å². The Hall–Kier alpha value is -2.42. The molecule has 1 heterocycles. The van der Waals surface area contributed by atoms with E-state index in [0.717, 1.165) is 18.2 Å². The van der Waals surface area contributed by atoms with Gasteiger partial charge in [-0.3, -0.25) is 4.72 Å². The van der Waals surface area contributed by atoms with Crippen molar-refractivity contribution in [2.45, 2.75) is 5.03 Å². The first-order valence-corrected chi connectivity index (χ1v) is 6.81. The molecule has 0 saturated carbocycles. The zero-order valence-corrected chi connectivity index (χ0v) is 11.1. The van der Waals surface area contributed by atoms with E-state index in [9.17, 15) is 17.6 Å². The summed E-state index contributed by atoms with van der Waals surface area (Å²) in [6.07, 6.45) is 2.51. The van der Waals surface area contributed by atoms with Gasteiger partial charge in [-0.25, -0.2) is 14.2 Å². The number of sulfonamides is 1. The Labute approximate surface area is 113 Å². The van der Waals surface area contributed by atoms with Gasteiger partial charge in [0, 0.05) is 13.2 Å². The molecular weight excluding hydrogens is 289 g/mol. The van der Waals surface area contributed by atoms with Crippen molar-refractivity contribution in [3.05, 3.63) is 42.1 Å². The molecule has 2 rings (SSSR count). The fraction of sp³-hybridized carbons (Fsp3) is 0.0909. The molecule has 0 bridgehead atoms. The van der Waals surface area contributed by atoms with Gasteiger partial charge >= 0.3 is 5.97 Å². The van der Waals surface area contributed by atoms with Gasteiger partial charge in [0.05, 0.1) is 17.6 Å². The van der Waals surface area contributed by atoms with Crippen molar-refractivity contribution >= 4 is 21.7 Å². The van der Waals surface area contributed by atoms with E-state index in [4.69, 9.17) is 5.11 Å². The molecule has 7 nitrogen and oxygen atoms in total. The van der Waals surface area contributed by atoms with E-state index in [2.05, 4.69) is 4.98 Å². The predicted molar refractivity (Wildman–Crippen MR) is 67.4 cm³/mol. The van der Waals surface area contributed by atoms with Crippen LogP contribution in [0.5, 0.6) is 0 Å². The van der Waals surface area contributed by atoms with Crippen LogP contribution in [-0.2, 0) is 17.1 Å². The van der Waals surface area contributed by atoms with E-state index in [-0.39, 0.29) is 16.3 Å². The highest BCUT2D eigenvalue weighted by atomic mass is 32.2. The summed E-state index contributed by atoms with van der Waals surface area (Å²) in [5.41, 5.74) is -0.714. The summed E-state index contributed by atoms with van der Waals surface area (Å²) in [5, 5.41) is 8.66. The lowest BCUT2D eigenvalue weighted by Crippen LogP contribution is -2.16. The van der Waals surface area contributed by atoms with Gasteiger partial charge in [0.15, 0.2) is 5.03 Å². The van der Waals surface area contributed by atoms with Crippen LogP contribution in [0.1, 0.15) is 10.4 Å². The predicted octanol–water partition coefficient (Wildman–Crippen LogP) is 1.06. The van der Waals surface area contributed by atoms with E-state index in [0.29, 0.717) is 0 Å². The van der Waals surface area contributed by atoms with Crippen molar-refractivity contribution in [2.24, 2.45) is 7.05 Å². The normalized spacial score (nSPS) is 11.3. The maximum atomic E-state index is 13.1. The van der Waals surface area contributed by atoms with Crippen LogP contribution in [0.3, 0.4) is 0 Å². The fourth-order valence-electron chi connectivity index (χ4n) is 1.51. The molecule has 2 N–H and O–H groups in total. The van der Waals surface area contributed by atoms with Gasteiger partial charge in [-0.05, 0) is 18.2 Å². The van der Waals surface area contributed by atoms with Crippen molar-refractivity contribution < 1.29 is 22.7 Å². The molecule has 9 heteroatoms. The molecule has 0 amide bonds. The van der Waals surface area contributed by atoms with Crippen LogP contribution in [0, 0.1) is 5.82 Å². The van der Waals surface area contributed by atoms with Crippen LogP contribution >= 0.6 is 0 Å². The van der Waals surface area contributed by atoms with Crippen molar-refractivity contribution in [3.63, 3.8) is 0 Å². The Balaban J connectivity index is 2.44. The van der Waals surface area contributed by atoms with Crippen molar-refractivity contribution in [1.29, 1.82) is 0 Å². The van der Waals surface area contributed by atoms with Gasteiger partial charge in [0.25, 0.3) is 10.0 Å². The minimum absolute atomic E-state index is 0.291. The second kappa shape index (κ2) is 4.93. The largest absolute Gasteiger partial charge is 0.478 e. The average molecular weight is 299 g/mol. The fourth-order valence-corrected chi connectivity index (χ4v) is 2.57. The maximum Gasteiger partial charge on any atom is 0.337 e. The number of carbonyl (C=O) groups is 1. The number of nitrogens with one attached hydrogen (secondary N) is 1. The highest BCUT2D eigenvalue weighted by Gasteiger charge is 2.21. The number of aromatic carboxylic acids is 1. The Morgan fingerprint density at radius 2 is 2.15 bits per heavy atom. The highest BCUT2D eigenvalue weighted by Crippen LogP contribution is 2.20. The van der Waals surface area contributed by atoms with Crippen LogP contribution < -0.4 is 4.72 Å². The zero-order chi connectivity index (χ0) is 14.9. The highest BCUT2D eigenvalue weighted by molar-refractivity contribution is 7.92. The first-order valence-electron chi connectivity index (χ1n) is 5.33. The standard InChI is InChI=1S/C11H10FN3O4S/c1-15-5-10(13-6-15)20(18,19)14-9-4-7(12)2-3-8(9)11(16)17/h2-6,14H,1H3,(H,16,17). The summed E-state index contributed by atoms with van der Waals surface area (Å²) < 4.78 is 40.6. The summed E-state index contributed by atoms with van der Waals surface area (Å²) in [7, 11) is -2.50. The number of hydrogen-bond acceptors (Lipinski definition) is 4. The quantitative estimate of drug-likeness (QED) is 0.879. The number of anilines is 1. The summed E-state index contributed by atoms with van der Waals surface area (Å²) in [5.74, 6) is -2.13. The number of rotatable bonds is 4. The summed E-state index contributed by atoms with van der Waals surface area (Å²) >= 11 is 0. The van der Waals surface area contributed by atoms with Crippen molar-refractivity contribution in [1.82, 2.24) is 9.55 Å². The van der Waals surface area contributed by atoms with Gasteiger partial charge < -0.3 is 9.67 Å². The molecule has 0 saturated heterocycles. The molecule has 0 atom stereocenters. The molecule has 1 aromatic heterocycles. The number of halogens is 1. The lowest BCUT2D eigenvalue weighted by atomic mass is 10.2. The smallest absolute Gasteiger partial charge is 0.337 e. The minimum Gasteiger partial charge on any atom is -0.478 e. The van der Waals surface area contributed by atoms with Crippen LogP contribution in [0.4, 0.5) is 10.1 Å². The van der Waals surface area contributed by atoms with E-state index in [1.807, 2.05) is 4.72 Å². The third-order valence-electron chi connectivity index (χ3n) is 2.41. The molecule has 0 radical (unpaired) electrons. The van der Waals surface area contributed by atoms with Crippen molar-refractivity contribution in [3.8, 4) is 0 Å². The number of hydrogen-bond donors (Lipinski definition) is 2. The second-order valence-electron chi connectivity index (χ2n) is 3.98. The van der Waals surface area contributed by atoms with E-state index >= 15 is 0 Å². The molecule has 0 aliphatic heterocycles. The molecule has 106 valence electrons. The summed E-state index contributed by atoms with van der Waals surface area (Å²) in [4.78, 5) is 14.6. The Kier molecular flexibility index (Phi) is 3.45. The average Bonchev–Trinajstić information content (AvgIpc) is 2.75. The topological polar surface area (TPSA) is 101 Å². The number of carboxylic acids is 1. The van der Waals surface area contributed by atoms with E-state index in [1.165, 1.54) is 17.1 Å². The first kappa shape index (κ1) is 14.0. The monoisotopic (exact) mass is 299 g/mol. The lowest BCUT2D eigenvalue weighted by Gasteiger charge is -2.08. The molecule has 0 spiro atoms. The molecule has 0 fully saturated rings. The number of imidazole rings is 1. The molecule has 2 aromatic rings. The Morgan fingerprint density at radius 1 is 1.45 bits per heavy atom. The molecule has 0 aliphatic carbocycles. The Bertz CT molecular complexity index is 770. The number of benzene rings is 1. The van der Waals surface area contributed by atoms with Gasteiger partial charge in [0.1, 0.15) is 5.82 Å². The molecule has 0 unspecified atom stereocenters. The number of aryl methyl sites for hydroxylation is 1. The number of aromatic nitrogens is 2. The lowest BCUT2D eigenvalue weighted by molar-refractivity contribution is 0.0698. The molecular formula is C11H10FN3O4S. The molecule has 20 heavy (non-hydrogen) atoms. The van der Waals surface area contributed by atoms with Crippen LogP contribution in [0.25, 0.3) is 0 Å². The second-order valence-corrected chi connectivity index (χ2v) is 5.61. The number of carboxylic acid groups (broad SMARTS) is 1. The summed E-state index contributed by atoms with van der Waals surface area (Å²) in [6.45, 7) is 0.